The van der Waals surface area contributed by atoms with Crippen LogP contribution >= 0.6 is 11.3 Å². The van der Waals surface area contributed by atoms with Crippen molar-refractivity contribution in [2.24, 2.45) is 5.92 Å². The van der Waals surface area contributed by atoms with Crippen LogP contribution in [0.15, 0.2) is 22.0 Å². The maximum Gasteiger partial charge on any atom is 0.241 e. The summed E-state index contributed by atoms with van der Waals surface area (Å²) < 4.78 is 5.37. The summed E-state index contributed by atoms with van der Waals surface area (Å²) in [5.74, 6) is 1.64. The molecule has 136 valence electrons. The predicted molar refractivity (Wildman–Crippen MR) is 98.1 cm³/mol. The van der Waals surface area contributed by atoms with Crippen molar-refractivity contribution in [1.82, 2.24) is 20.4 Å². The molecule has 0 aromatic carbocycles. The second-order valence-corrected chi connectivity index (χ2v) is 7.51. The number of carbonyl (C=O) groups excluding carboxylic acids is 1. The Morgan fingerprint density at radius 1 is 1.40 bits per heavy atom. The monoisotopic (exact) mass is 362 g/mol. The van der Waals surface area contributed by atoms with Crippen LogP contribution in [-0.2, 0) is 11.3 Å². The number of nitrogens with one attached hydrogen (secondary N) is 1. The van der Waals surface area contributed by atoms with Gasteiger partial charge in [-0.15, -0.1) is 11.3 Å². The van der Waals surface area contributed by atoms with Crippen molar-refractivity contribution in [1.29, 1.82) is 0 Å². The molecule has 7 heteroatoms. The third kappa shape index (κ3) is 4.67. The SMILES string of the molecule is CCC(CC)NC(=O)C1CCN(Cc2nc(-c3cccs3)no2)CC1. The molecule has 0 spiro atoms. The number of nitrogens with zero attached hydrogens (tertiary/aromatic N) is 3. The molecule has 0 atom stereocenters. The highest BCUT2D eigenvalue weighted by atomic mass is 32.1. The van der Waals surface area contributed by atoms with E-state index in [0.29, 0.717) is 24.3 Å². The van der Waals surface area contributed by atoms with Crippen molar-refractivity contribution in [2.45, 2.75) is 52.1 Å². The van der Waals surface area contributed by atoms with Crippen LogP contribution in [-0.4, -0.2) is 40.1 Å². The summed E-state index contributed by atoms with van der Waals surface area (Å²) >= 11 is 1.60. The number of hydrogen-bond donors (Lipinski definition) is 1. The molecule has 1 N–H and O–H groups in total. The molecule has 0 radical (unpaired) electrons. The molecule has 1 fully saturated rings. The van der Waals surface area contributed by atoms with Crippen LogP contribution in [0.5, 0.6) is 0 Å². The van der Waals surface area contributed by atoms with Crippen LogP contribution < -0.4 is 5.32 Å². The lowest BCUT2D eigenvalue weighted by molar-refractivity contribution is -0.127. The van der Waals surface area contributed by atoms with Crippen molar-refractivity contribution in [3.05, 3.63) is 23.4 Å². The van der Waals surface area contributed by atoms with Crippen LogP contribution in [0.3, 0.4) is 0 Å². The first-order valence-electron chi connectivity index (χ1n) is 9.08. The molecule has 1 aliphatic rings. The van der Waals surface area contributed by atoms with Crippen molar-refractivity contribution < 1.29 is 9.32 Å². The number of thiophene rings is 1. The summed E-state index contributed by atoms with van der Waals surface area (Å²) in [5.41, 5.74) is 0. The number of hydrogen-bond acceptors (Lipinski definition) is 6. The number of carbonyl (C=O) groups is 1. The Labute approximate surface area is 152 Å². The molecule has 25 heavy (non-hydrogen) atoms. The van der Waals surface area contributed by atoms with E-state index in [2.05, 4.69) is 34.2 Å². The summed E-state index contributed by atoms with van der Waals surface area (Å²) in [4.78, 5) is 20.1. The van der Waals surface area contributed by atoms with Crippen LogP contribution in [0, 0.1) is 5.92 Å². The maximum absolute atomic E-state index is 12.4. The van der Waals surface area contributed by atoms with Crippen LogP contribution in [0.4, 0.5) is 0 Å². The predicted octanol–water partition coefficient (Wildman–Crippen LogP) is 3.31. The van der Waals surface area contributed by atoms with E-state index in [1.54, 1.807) is 11.3 Å². The van der Waals surface area contributed by atoms with E-state index in [0.717, 1.165) is 43.6 Å². The zero-order valence-electron chi connectivity index (χ0n) is 14.9. The highest BCUT2D eigenvalue weighted by molar-refractivity contribution is 7.13. The summed E-state index contributed by atoms with van der Waals surface area (Å²) in [6.07, 6.45) is 3.76. The normalized spacial score (nSPS) is 16.4. The number of amides is 1. The second-order valence-electron chi connectivity index (χ2n) is 6.56. The number of rotatable bonds is 7. The maximum atomic E-state index is 12.4. The molecule has 1 amide bonds. The van der Waals surface area contributed by atoms with Crippen LogP contribution in [0.2, 0.25) is 0 Å². The van der Waals surface area contributed by atoms with E-state index in [4.69, 9.17) is 4.52 Å². The number of piperidine rings is 1. The Balaban J connectivity index is 1.47. The topological polar surface area (TPSA) is 71.3 Å². The standard InChI is InChI=1S/C18H26N4O2S/c1-3-14(4-2)19-18(23)13-7-9-22(10-8-13)12-16-20-17(21-24-16)15-6-5-11-25-15/h5-6,11,13-14H,3-4,7-10,12H2,1-2H3,(H,19,23). The van der Waals surface area contributed by atoms with Gasteiger partial charge in [-0.25, -0.2) is 0 Å². The van der Waals surface area contributed by atoms with Crippen molar-refractivity contribution >= 4 is 17.2 Å². The Morgan fingerprint density at radius 3 is 2.80 bits per heavy atom. The quantitative estimate of drug-likeness (QED) is 0.818. The van der Waals surface area contributed by atoms with Crippen LogP contribution in [0.1, 0.15) is 45.4 Å². The first-order chi connectivity index (χ1) is 12.2. The highest BCUT2D eigenvalue weighted by Gasteiger charge is 2.26. The van der Waals surface area contributed by atoms with E-state index >= 15 is 0 Å². The summed E-state index contributed by atoms with van der Waals surface area (Å²) in [7, 11) is 0. The molecule has 6 nitrogen and oxygen atoms in total. The van der Waals surface area contributed by atoms with Crippen LogP contribution in [0.25, 0.3) is 10.7 Å². The molecule has 1 saturated heterocycles. The molecule has 1 aliphatic heterocycles. The lowest BCUT2D eigenvalue weighted by Gasteiger charge is -2.31. The van der Waals surface area contributed by atoms with Gasteiger partial charge in [-0.2, -0.15) is 4.98 Å². The molecule has 3 rings (SSSR count). The minimum absolute atomic E-state index is 0.126. The fourth-order valence-electron chi connectivity index (χ4n) is 3.18. The van der Waals surface area contributed by atoms with E-state index in [-0.39, 0.29) is 11.8 Å². The Kier molecular flexibility index (Phi) is 6.20. The van der Waals surface area contributed by atoms with Gasteiger partial charge in [0.05, 0.1) is 11.4 Å². The van der Waals surface area contributed by atoms with Gasteiger partial charge in [0.25, 0.3) is 0 Å². The lowest BCUT2D eigenvalue weighted by atomic mass is 9.95. The molecule has 3 heterocycles. The van der Waals surface area contributed by atoms with Gasteiger partial charge in [0.1, 0.15) is 0 Å². The average Bonchev–Trinajstić information content (AvgIpc) is 3.31. The minimum Gasteiger partial charge on any atom is -0.353 e. The number of likely N-dealkylation sites (tertiary alicyclic amines) is 1. The van der Waals surface area contributed by atoms with Crippen molar-refractivity contribution in [3.63, 3.8) is 0 Å². The van der Waals surface area contributed by atoms with E-state index in [9.17, 15) is 4.79 Å². The summed E-state index contributed by atoms with van der Waals surface area (Å²) in [5, 5.41) is 9.23. The summed E-state index contributed by atoms with van der Waals surface area (Å²) in [6, 6.07) is 4.27. The molecule has 0 saturated carbocycles. The Morgan fingerprint density at radius 2 is 2.16 bits per heavy atom. The minimum atomic E-state index is 0.126. The van der Waals surface area contributed by atoms with Gasteiger partial charge in [-0.05, 0) is 50.2 Å². The molecule has 0 bridgehead atoms. The van der Waals surface area contributed by atoms with Gasteiger partial charge < -0.3 is 9.84 Å². The van der Waals surface area contributed by atoms with Gasteiger partial charge in [0.2, 0.25) is 17.6 Å². The largest absolute Gasteiger partial charge is 0.353 e. The molecular formula is C18H26N4O2S. The third-order valence-corrected chi connectivity index (χ3v) is 5.72. The summed E-state index contributed by atoms with van der Waals surface area (Å²) in [6.45, 7) is 6.66. The van der Waals surface area contributed by atoms with E-state index < -0.39 is 0 Å². The van der Waals surface area contributed by atoms with Gasteiger partial charge in [-0.3, -0.25) is 9.69 Å². The average molecular weight is 362 g/mol. The smallest absolute Gasteiger partial charge is 0.241 e. The second kappa shape index (κ2) is 8.58. The fourth-order valence-corrected chi connectivity index (χ4v) is 3.83. The molecule has 2 aromatic rings. The first-order valence-corrected chi connectivity index (χ1v) is 9.96. The van der Waals surface area contributed by atoms with E-state index in [1.807, 2.05) is 17.5 Å². The number of aromatic nitrogens is 2. The Hall–Kier alpha value is -1.73. The molecular weight excluding hydrogens is 336 g/mol. The zero-order chi connectivity index (χ0) is 17.6. The van der Waals surface area contributed by atoms with Crippen molar-refractivity contribution in [2.75, 3.05) is 13.1 Å². The van der Waals surface area contributed by atoms with Gasteiger partial charge in [0.15, 0.2) is 0 Å². The lowest BCUT2D eigenvalue weighted by Crippen LogP contribution is -2.43. The van der Waals surface area contributed by atoms with E-state index in [1.165, 1.54) is 0 Å². The molecule has 2 aromatic heterocycles. The van der Waals surface area contributed by atoms with Crippen molar-refractivity contribution in [3.8, 4) is 10.7 Å². The fraction of sp³-hybridized carbons (Fsp3) is 0.611. The zero-order valence-corrected chi connectivity index (χ0v) is 15.7. The molecule has 0 unspecified atom stereocenters. The Bertz CT molecular complexity index is 658. The third-order valence-electron chi connectivity index (χ3n) is 4.86. The highest BCUT2D eigenvalue weighted by Crippen LogP contribution is 2.23. The van der Waals surface area contributed by atoms with Gasteiger partial charge in [-0.1, -0.05) is 25.1 Å². The van der Waals surface area contributed by atoms with Gasteiger partial charge >= 0.3 is 0 Å². The first kappa shape index (κ1) is 18.1. The van der Waals surface area contributed by atoms with Gasteiger partial charge in [0, 0.05) is 12.0 Å². The molecule has 0 aliphatic carbocycles.